The molecule has 0 fully saturated rings. The fourth-order valence-corrected chi connectivity index (χ4v) is 2.60. The molecule has 5 heteroatoms. The van der Waals surface area contributed by atoms with Gasteiger partial charge in [-0.3, -0.25) is 4.99 Å². The lowest BCUT2D eigenvalue weighted by atomic mass is 10.2. The number of hydrogen-bond donors (Lipinski definition) is 0. The maximum atomic E-state index is 6.16. The van der Waals surface area contributed by atoms with Crippen LogP contribution in [0.2, 0.25) is 15.1 Å². The topological polar surface area (TPSA) is 21.6 Å². The van der Waals surface area contributed by atoms with E-state index in [9.17, 15) is 0 Å². The van der Waals surface area contributed by atoms with Gasteiger partial charge in [0.05, 0.1) is 22.3 Å². The highest BCUT2D eigenvalue weighted by molar-refractivity contribution is 6.37. The van der Waals surface area contributed by atoms with Gasteiger partial charge in [-0.1, -0.05) is 40.9 Å². The molecule has 0 saturated heterocycles. The monoisotopic (exact) mass is 341 g/mol. The molecule has 2 nitrogen and oxygen atoms in total. The Hall–Kier alpha value is -1.22. The quantitative estimate of drug-likeness (QED) is 0.615. The lowest BCUT2D eigenvalue weighted by molar-refractivity contribution is 0.340. The summed E-state index contributed by atoms with van der Waals surface area (Å²) in [5.41, 5.74) is 2.54. The summed E-state index contributed by atoms with van der Waals surface area (Å²) >= 11 is 18.4. The van der Waals surface area contributed by atoms with Gasteiger partial charge in [-0.2, -0.15) is 0 Å². The van der Waals surface area contributed by atoms with Crippen LogP contribution < -0.4 is 4.74 Å². The highest BCUT2D eigenvalue weighted by atomic mass is 35.5. The van der Waals surface area contributed by atoms with Crippen LogP contribution in [0.1, 0.15) is 18.1 Å². The highest BCUT2D eigenvalue weighted by Gasteiger charge is 2.08. The van der Waals surface area contributed by atoms with Gasteiger partial charge in [-0.15, -0.1) is 0 Å². The lowest BCUT2D eigenvalue weighted by Gasteiger charge is -2.08. The minimum atomic E-state index is 0.466. The number of aliphatic imine (C=N–C) groups is 1. The van der Waals surface area contributed by atoms with Crippen molar-refractivity contribution in [3.63, 3.8) is 0 Å². The molecular weight excluding hydrogens is 329 g/mol. The van der Waals surface area contributed by atoms with Gasteiger partial charge in [0.1, 0.15) is 0 Å². The molecule has 21 heavy (non-hydrogen) atoms. The molecule has 0 radical (unpaired) electrons. The molecule has 0 atom stereocenters. The summed E-state index contributed by atoms with van der Waals surface area (Å²) in [7, 11) is 0. The molecule has 0 heterocycles. The maximum Gasteiger partial charge on any atom is 0.156 e. The van der Waals surface area contributed by atoms with E-state index >= 15 is 0 Å². The van der Waals surface area contributed by atoms with E-state index in [1.165, 1.54) is 0 Å². The van der Waals surface area contributed by atoms with E-state index in [4.69, 9.17) is 39.5 Å². The second kappa shape index (κ2) is 7.17. The number of nitrogens with zero attached hydrogens (tertiary/aromatic N) is 1. The summed E-state index contributed by atoms with van der Waals surface area (Å²) in [6, 6.07) is 9.12. The Morgan fingerprint density at radius 2 is 1.76 bits per heavy atom. The van der Waals surface area contributed by atoms with Crippen LogP contribution in [-0.2, 0) is 0 Å². The Kier molecular flexibility index (Phi) is 5.51. The number of halogens is 3. The van der Waals surface area contributed by atoms with Crippen molar-refractivity contribution in [1.29, 1.82) is 0 Å². The number of ether oxygens (including phenoxy) is 1. The molecule has 0 N–H and O–H groups in total. The second-order valence-corrected chi connectivity index (χ2v) is 5.61. The minimum absolute atomic E-state index is 0.466. The van der Waals surface area contributed by atoms with Crippen molar-refractivity contribution in [2.45, 2.75) is 13.8 Å². The third-order valence-corrected chi connectivity index (χ3v) is 3.87. The van der Waals surface area contributed by atoms with Crippen LogP contribution in [0.3, 0.4) is 0 Å². The first-order valence-electron chi connectivity index (χ1n) is 6.44. The van der Waals surface area contributed by atoms with Gasteiger partial charge in [0.25, 0.3) is 0 Å². The van der Waals surface area contributed by atoms with Crippen molar-refractivity contribution >= 4 is 46.7 Å². The van der Waals surface area contributed by atoms with Gasteiger partial charge >= 0.3 is 0 Å². The summed E-state index contributed by atoms with van der Waals surface area (Å²) in [6.07, 6.45) is 1.70. The third-order valence-electron chi connectivity index (χ3n) is 2.90. The predicted molar refractivity (Wildman–Crippen MR) is 91.1 cm³/mol. The average Bonchev–Trinajstić information content (AvgIpc) is 2.44. The standard InChI is InChI=1S/C16H14Cl3NO/c1-3-21-16-13(18)7-11(8-14(16)19)9-20-15-6-4-5-12(17)10(15)2/h4-9H,3H2,1-2H3. The van der Waals surface area contributed by atoms with Gasteiger partial charge < -0.3 is 4.74 Å². The van der Waals surface area contributed by atoms with Crippen LogP contribution >= 0.6 is 34.8 Å². The molecule has 0 aliphatic heterocycles. The van der Waals surface area contributed by atoms with Crippen LogP contribution in [-0.4, -0.2) is 12.8 Å². The van der Waals surface area contributed by atoms with Crippen molar-refractivity contribution in [3.05, 3.63) is 56.5 Å². The van der Waals surface area contributed by atoms with E-state index in [1.54, 1.807) is 18.3 Å². The Morgan fingerprint density at radius 1 is 1.10 bits per heavy atom. The van der Waals surface area contributed by atoms with Crippen molar-refractivity contribution in [3.8, 4) is 5.75 Å². The zero-order valence-electron chi connectivity index (χ0n) is 11.7. The average molecular weight is 343 g/mol. The SMILES string of the molecule is CCOc1c(Cl)cc(C=Nc2cccc(Cl)c2C)cc1Cl. The van der Waals surface area contributed by atoms with Crippen molar-refractivity contribution in [2.75, 3.05) is 6.61 Å². The Morgan fingerprint density at radius 3 is 2.38 bits per heavy atom. The van der Waals surface area contributed by atoms with Gasteiger partial charge in [-0.05, 0) is 49.2 Å². The Balaban J connectivity index is 2.31. The normalized spacial score (nSPS) is 11.1. The molecule has 0 aromatic heterocycles. The first-order chi connectivity index (χ1) is 10.0. The van der Waals surface area contributed by atoms with Gasteiger partial charge in [0.2, 0.25) is 0 Å². The molecule has 2 aromatic rings. The molecule has 2 rings (SSSR count). The fourth-order valence-electron chi connectivity index (χ4n) is 1.82. The molecule has 110 valence electrons. The molecule has 0 unspecified atom stereocenters. The van der Waals surface area contributed by atoms with E-state index in [1.807, 2.05) is 32.0 Å². The predicted octanol–water partition coefficient (Wildman–Crippen LogP) is 6.10. The van der Waals surface area contributed by atoms with E-state index < -0.39 is 0 Å². The van der Waals surface area contributed by atoms with Gasteiger partial charge in [-0.25, -0.2) is 0 Å². The third kappa shape index (κ3) is 3.91. The number of hydrogen-bond acceptors (Lipinski definition) is 2. The molecule has 0 aliphatic carbocycles. The van der Waals surface area contributed by atoms with Crippen LogP contribution in [0, 0.1) is 6.92 Å². The Bertz CT molecular complexity index is 660. The van der Waals surface area contributed by atoms with Crippen LogP contribution in [0.25, 0.3) is 0 Å². The maximum absolute atomic E-state index is 6.16. The zero-order valence-corrected chi connectivity index (χ0v) is 13.9. The molecule has 2 aromatic carbocycles. The van der Waals surface area contributed by atoms with Crippen LogP contribution in [0.4, 0.5) is 5.69 Å². The summed E-state index contributed by atoms with van der Waals surface area (Å²) in [4.78, 5) is 4.43. The molecule has 0 spiro atoms. The smallest absolute Gasteiger partial charge is 0.156 e. The molecule has 0 amide bonds. The van der Waals surface area contributed by atoms with E-state index in [0.29, 0.717) is 27.4 Å². The molecule has 0 aliphatic rings. The lowest BCUT2D eigenvalue weighted by Crippen LogP contribution is -1.94. The molecule has 0 bridgehead atoms. The van der Waals surface area contributed by atoms with E-state index in [2.05, 4.69) is 4.99 Å². The molecule has 0 saturated carbocycles. The van der Waals surface area contributed by atoms with Crippen LogP contribution in [0.5, 0.6) is 5.75 Å². The molecular formula is C16H14Cl3NO. The van der Waals surface area contributed by atoms with E-state index in [-0.39, 0.29) is 0 Å². The first kappa shape index (κ1) is 16.2. The number of rotatable bonds is 4. The van der Waals surface area contributed by atoms with Crippen molar-refractivity contribution in [1.82, 2.24) is 0 Å². The zero-order chi connectivity index (χ0) is 15.4. The van der Waals surface area contributed by atoms with Gasteiger partial charge in [0.15, 0.2) is 5.75 Å². The highest BCUT2D eigenvalue weighted by Crippen LogP contribution is 2.34. The van der Waals surface area contributed by atoms with E-state index in [0.717, 1.165) is 16.8 Å². The second-order valence-electron chi connectivity index (χ2n) is 4.39. The van der Waals surface area contributed by atoms with Crippen molar-refractivity contribution < 1.29 is 4.74 Å². The van der Waals surface area contributed by atoms with Crippen LogP contribution in [0.15, 0.2) is 35.3 Å². The fraction of sp³-hybridized carbons (Fsp3) is 0.188. The Labute approximate surface area is 139 Å². The number of benzene rings is 2. The largest absolute Gasteiger partial charge is 0.491 e. The van der Waals surface area contributed by atoms with Crippen molar-refractivity contribution in [2.24, 2.45) is 4.99 Å². The summed E-state index contributed by atoms with van der Waals surface area (Å²) < 4.78 is 5.39. The first-order valence-corrected chi connectivity index (χ1v) is 7.57. The summed E-state index contributed by atoms with van der Waals surface area (Å²) in [5, 5.41) is 1.62. The summed E-state index contributed by atoms with van der Waals surface area (Å²) in [6.45, 7) is 4.31. The minimum Gasteiger partial charge on any atom is -0.491 e. The summed E-state index contributed by atoms with van der Waals surface area (Å²) in [5.74, 6) is 0.497. The van der Waals surface area contributed by atoms with Gasteiger partial charge in [0, 0.05) is 11.2 Å².